The Morgan fingerprint density at radius 3 is 1.63 bits per heavy atom. The standard InChI is InChI=1S/C26H46O/c1-6-9-10-11-12-13-14-15-16-17-21-27-26-24(22(4)7-2)19-18-20-25(26)23(5)8-3/h18-20,22-23H,6-17,21H2,1-5H3/i18T. The lowest BCUT2D eigenvalue weighted by Gasteiger charge is -2.22. The van der Waals surface area contributed by atoms with Crippen molar-refractivity contribution in [2.45, 2.75) is 124 Å². The molecule has 0 spiro atoms. The lowest BCUT2D eigenvalue weighted by atomic mass is 9.90. The molecule has 1 aromatic carbocycles. The summed E-state index contributed by atoms with van der Waals surface area (Å²) in [6.45, 7) is 12.0. The van der Waals surface area contributed by atoms with Gasteiger partial charge in [0.05, 0.1) is 7.98 Å². The van der Waals surface area contributed by atoms with Crippen LogP contribution in [0.15, 0.2) is 18.2 Å². The van der Waals surface area contributed by atoms with E-state index in [1.165, 1.54) is 68.9 Å². The van der Waals surface area contributed by atoms with Crippen molar-refractivity contribution in [2.24, 2.45) is 0 Å². The van der Waals surface area contributed by atoms with Crippen molar-refractivity contribution in [2.75, 3.05) is 6.61 Å². The minimum absolute atomic E-state index is 0.441. The van der Waals surface area contributed by atoms with Crippen LogP contribution in [-0.4, -0.2) is 6.61 Å². The maximum atomic E-state index is 8.22. The molecule has 0 N–H and O–H groups in total. The molecule has 27 heavy (non-hydrogen) atoms. The lowest BCUT2D eigenvalue weighted by molar-refractivity contribution is 0.295. The molecule has 1 rings (SSSR count). The highest BCUT2D eigenvalue weighted by molar-refractivity contribution is 5.45. The second kappa shape index (κ2) is 15.0. The molecule has 0 fully saturated rings. The van der Waals surface area contributed by atoms with E-state index in [1.807, 2.05) is 12.1 Å². The van der Waals surface area contributed by atoms with Crippen LogP contribution in [0, 0.1) is 0 Å². The average molecular weight is 377 g/mol. The number of ether oxygens (including phenoxy) is 1. The van der Waals surface area contributed by atoms with Crippen LogP contribution in [0.4, 0.5) is 0 Å². The van der Waals surface area contributed by atoms with Crippen LogP contribution in [0.1, 0.15) is 136 Å². The molecule has 0 aromatic heterocycles. The summed E-state index contributed by atoms with van der Waals surface area (Å²) in [6.07, 6.45) is 15.6. The molecule has 0 saturated carbocycles. The fourth-order valence-electron chi connectivity index (χ4n) is 3.62. The van der Waals surface area contributed by atoms with Crippen LogP contribution < -0.4 is 4.74 Å². The third kappa shape index (κ3) is 9.17. The van der Waals surface area contributed by atoms with Crippen LogP contribution in [0.5, 0.6) is 5.75 Å². The van der Waals surface area contributed by atoms with E-state index >= 15 is 0 Å². The maximum Gasteiger partial charge on any atom is 0.126 e. The van der Waals surface area contributed by atoms with Crippen LogP contribution in [0.2, 0.25) is 0 Å². The fraction of sp³-hybridized carbons (Fsp3) is 0.769. The van der Waals surface area contributed by atoms with Crippen LogP contribution in [-0.2, 0) is 0 Å². The minimum Gasteiger partial charge on any atom is -0.493 e. The summed E-state index contributed by atoms with van der Waals surface area (Å²) in [5.74, 6) is 1.96. The summed E-state index contributed by atoms with van der Waals surface area (Å²) in [7, 11) is 0. The number of hydrogen-bond donors (Lipinski definition) is 0. The summed E-state index contributed by atoms with van der Waals surface area (Å²) in [6, 6.07) is 4.67. The van der Waals surface area contributed by atoms with Crippen molar-refractivity contribution in [3.8, 4) is 5.75 Å². The molecule has 2 atom stereocenters. The molecule has 0 heterocycles. The van der Waals surface area contributed by atoms with Gasteiger partial charge in [0.25, 0.3) is 0 Å². The normalized spacial score (nSPS) is 14.0. The zero-order valence-corrected chi connectivity index (χ0v) is 18.9. The Kier molecular flexibility index (Phi) is 12.4. The molecule has 1 nitrogen and oxygen atoms in total. The quantitative estimate of drug-likeness (QED) is 0.261. The van der Waals surface area contributed by atoms with E-state index in [2.05, 4.69) is 34.6 Å². The summed E-state index contributed by atoms with van der Waals surface area (Å²) < 4.78 is 14.6. The van der Waals surface area contributed by atoms with Crippen molar-refractivity contribution in [1.29, 1.82) is 0 Å². The molecule has 1 heteroatoms. The predicted molar refractivity (Wildman–Crippen MR) is 121 cm³/mol. The van der Waals surface area contributed by atoms with Crippen LogP contribution in [0.25, 0.3) is 0 Å². The molecule has 0 radical (unpaired) electrons. The third-order valence-corrected chi connectivity index (χ3v) is 6.03. The van der Waals surface area contributed by atoms with Crippen molar-refractivity contribution in [3.05, 3.63) is 29.3 Å². The predicted octanol–water partition coefficient (Wildman–Crippen LogP) is 9.01. The van der Waals surface area contributed by atoms with Gasteiger partial charge in [-0.1, -0.05) is 111 Å². The van der Waals surface area contributed by atoms with E-state index in [-0.39, 0.29) is 0 Å². The van der Waals surface area contributed by atoms with Gasteiger partial charge in [0.1, 0.15) is 5.75 Å². The Morgan fingerprint density at radius 1 is 0.741 bits per heavy atom. The number of para-hydroxylation sites is 1. The molecule has 156 valence electrons. The molecule has 0 amide bonds. The first-order valence-electron chi connectivity index (χ1n) is 12.3. The van der Waals surface area contributed by atoms with E-state index in [4.69, 9.17) is 6.11 Å². The monoisotopic (exact) mass is 376 g/mol. The van der Waals surface area contributed by atoms with Gasteiger partial charge < -0.3 is 4.74 Å². The Balaban J connectivity index is 2.48. The van der Waals surface area contributed by atoms with E-state index in [9.17, 15) is 0 Å². The molecule has 0 aliphatic heterocycles. The largest absolute Gasteiger partial charge is 0.493 e. The Bertz CT molecular complexity index is 494. The minimum atomic E-state index is 0.441. The topological polar surface area (TPSA) is 9.23 Å². The Labute approximate surface area is 171 Å². The molecule has 0 aliphatic rings. The van der Waals surface area contributed by atoms with Gasteiger partial charge >= 0.3 is 0 Å². The van der Waals surface area contributed by atoms with Crippen LogP contribution in [0.3, 0.4) is 0 Å². The number of rotatable bonds is 16. The highest BCUT2D eigenvalue weighted by Crippen LogP contribution is 2.37. The zero-order chi connectivity index (χ0) is 20.8. The molecule has 1 aromatic rings. The van der Waals surface area contributed by atoms with E-state index in [0.717, 1.165) is 31.6 Å². The maximum absolute atomic E-state index is 8.22. The molecular weight excluding hydrogens is 328 g/mol. The van der Waals surface area contributed by atoms with Crippen molar-refractivity contribution in [3.63, 3.8) is 0 Å². The first kappa shape index (κ1) is 22.3. The number of hydrogen-bond acceptors (Lipinski definition) is 1. The van der Waals surface area contributed by atoms with Crippen molar-refractivity contribution >= 4 is 0 Å². The highest BCUT2D eigenvalue weighted by atomic mass is 16.5. The smallest absolute Gasteiger partial charge is 0.126 e. The van der Waals surface area contributed by atoms with Gasteiger partial charge in [-0.05, 0) is 42.2 Å². The molecule has 0 aliphatic carbocycles. The summed E-state index contributed by atoms with van der Waals surface area (Å²) in [5, 5.41) is 0. The van der Waals surface area contributed by atoms with Gasteiger partial charge in [0, 0.05) is 0 Å². The Hall–Kier alpha value is -0.980. The highest BCUT2D eigenvalue weighted by Gasteiger charge is 2.17. The van der Waals surface area contributed by atoms with Crippen molar-refractivity contribution in [1.82, 2.24) is 0 Å². The SMILES string of the molecule is [3H]c1cc(C(C)CC)c(OCCCCCCCCCCCC)c(C(C)CC)c1. The van der Waals surface area contributed by atoms with Crippen molar-refractivity contribution < 1.29 is 6.11 Å². The van der Waals surface area contributed by atoms with Gasteiger partial charge in [0.2, 0.25) is 0 Å². The second-order valence-electron chi connectivity index (χ2n) is 8.34. The summed E-state index contributed by atoms with van der Waals surface area (Å²) >= 11 is 0. The van der Waals surface area contributed by atoms with Gasteiger partial charge in [-0.15, -0.1) is 0 Å². The fourth-order valence-corrected chi connectivity index (χ4v) is 3.62. The average Bonchev–Trinajstić information content (AvgIpc) is 2.71. The molecule has 2 unspecified atom stereocenters. The van der Waals surface area contributed by atoms with Gasteiger partial charge in [-0.3, -0.25) is 0 Å². The van der Waals surface area contributed by atoms with E-state index in [0.29, 0.717) is 17.9 Å². The zero-order valence-electron chi connectivity index (χ0n) is 19.9. The molecule has 0 bridgehead atoms. The lowest BCUT2D eigenvalue weighted by Crippen LogP contribution is -2.07. The van der Waals surface area contributed by atoms with E-state index in [1.54, 1.807) is 0 Å². The summed E-state index contributed by atoms with van der Waals surface area (Å²) in [5.41, 5.74) is 2.47. The van der Waals surface area contributed by atoms with Gasteiger partial charge in [-0.25, -0.2) is 0 Å². The molecular formula is C26H46O. The molecule has 0 saturated heterocycles. The number of unbranched alkanes of at least 4 members (excludes halogenated alkanes) is 9. The first-order valence-corrected chi connectivity index (χ1v) is 11.8. The number of benzene rings is 1. The van der Waals surface area contributed by atoms with Crippen LogP contribution >= 0.6 is 0 Å². The summed E-state index contributed by atoms with van der Waals surface area (Å²) in [4.78, 5) is 0. The van der Waals surface area contributed by atoms with E-state index < -0.39 is 0 Å². The second-order valence-corrected chi connectivity index (χ2v) is 8.34. The third-order valence-electron chi connectivity index (χ3n) is 6.03. The first-order chi connectivity index (χ1) is 13.5. The Morgan fingerprint density at radius 2 is 1.19 bits per heavy atom. The van der Waals surface area contributed by atoms with Gasteiger partial charge in [0.15, 0.2) is 0 Å². The van der Waals surface area contributed by atoms with Gasteiger partial charge in [-0.2, -0.15) is 0 Å².